The highest BCUT2D eigenvalue weighted by Gasteiger charge is 2.56. The van der Waals surface area contributed by atoms with Crippen LogP contribution < -0.4 is 21.3 Å². The Balaban J connectivity index is 0.867. The van der Waals surface area contributed by atoms with E-state index in [0.717, 1.165) is 20.8 Å². The van der Waals surface area contributed by atoms with Crippen LogP contribution in [0.2, 0.25) is 0 Å². The summed E-state index contributed by atoms with van der Waals surface area (Å²) in [6.07, 6.45) is -39.7. The molecule has 8 aliphatic rings. The highest BCUT2D eigenvalue weighted by molar-refractivity contribution is 7.81. The van der Waals surface area contributed by atoms with Gasteiger partial charge in [0.15, 0.2) is 50.3 Å². The second kappa shape index (κ2) is 39.9. The van der Waals surface area contributed by atoms with E-state index >= 15 is 0 Å². The van der Waals surface area contributed by atoms with Gasteiger partial charge in [0, 0.05) is 59.8 Å². The highest BCUT2D eigenvalue weighted by atomic mass is 32.3. The molecule has 0 spiro atoms. The van der Waals surface area contributed by atoms with E-state index in [1.807, 2.05) is 0 Å². The van der Waals surface area contributed by atoms with Crippen molar-refractivity contribution < 1.29 is 185 Å². The normalized spacial score (nSPS) is 40.9. The lowest BCUT2D eigenvalue weighted by molar-refractivity contribution is -0.352. The summed E-state index contributed by atoms with van der Waals surface area (Å²) in [6, 6.07) is -6.00. The second-order valence-electron chi connectivity index (χ2n) is 25.8. The van der Waals surface area contributed by atoms with Gasteiger partial charge in [-0.2, -0.15) is 16.8 Å². The van der Waals surface area contributed by atoms with Gasteiger partial charge in [0.1, 0.15) is 122 Å². The van der Waals surface area contributed by atoms with Crippen molar-refractivity contribution in [1.82, 2.24) is 21.3 Å². The first-order valence-corrected chi connectivity index (χ1v) is 36.2. The fourth-order valence-electron chi connectivity index (χ4n) is 12.7. The molecule has 8 heterocycles. The number of unbranched alkanes of at least 4 members (excludes halogenated alkanes) is 1. The summed E-state index contributed by atoms with van der Waals surface area (Å²) < 4.78 is 170. The minimum absolute atomic E-state index is 0.0599. The van der Waals surface area contributed by atoms with E-state index in [2.05, 4.69) is 59.2 Å². The van der Waals surface area contributed by atoms with Gasteiger partial charge in [-0.25, -0.2) is 8.37 Å². The number of rotatable bonds is 30. The summed E-state index contributed by atoms with van der Waals surface area (Å²) in [5, 5.41) is 133. The van der Waals surface area contributed by atoms with Crippen LogP contribution >= 0.6 is 0 Å². The average molecular weight is 1570 g/mol. The molecule has 43 nitrogen and oxygen atoms in total. The number of nitrogens with one attached hydrogen (secondary N) is 4. The molecule has 0 aromatic heterocycles. The zero-order chi connectivity index (χ0) is 77.5. The van der Waals surface area contributed by atoms with Gasteiger partial charge in [0.2, 0.25) is 23.6 Å². The maximum absolute atomic E-state index is 12.8. The molecule has 45 heteroatoms. The monoisotopic (exact) mass is 1570 g/mol. The smallest absolute Gasteiger partial charge is 0.394 e. The van der Waals surface area contributed by atoms with Crippen molar-refractivity contribution in [1.29, 1.82) is 0 Å². The quantitative estimate of drug-likeness (QED) is 0.0180. The fourth-order valence-corrected chi connectivity index (χ4v) is 13.3. The van der Waals surface area contributed by atoms with Crippen LogP contribution in [0.4, 0.5) is 0 Å². The van der Waals surface area contributed by atoms with E-state index in [1.165, 1.54) is 6.92 Å². The molecular weight excluding hydrogens is 1480 g/mol. The number of hydrogen-bond acceptors (Lipinski definition) is 37. The predicted molar refractivity (Wildman–Crippen MR) is 339 cm³/mol. The van der Waals surface area contributed by atoms with Crippen molar-refractivity contribution in [2.45, 2.75) is 263 Å². The van der Waals surface area contributed by atoms with Crippen LogP contribution in [0.5, 0.6) is 0 Å². The lowest BCUT2D eigenvalue weighted by Gasteiger charge is -2.48. The summed E-state index contributed by atoms with van der Waals surface area (Å²) >= 11 is 0. The molecule has 106 heavy (non-hydrogen) atoms. The number of carbonyl (C=O) groups excluding carboxylic acids is 4. The van der Waals surface area contributed by atoms with Crippen molar-refractivity contribution in [2.75, 3.05) is 59.5 Å². The molecule has 602 valence electrons. The molecule has 0 aromatic carbocycles. The Labute approximate surface area is 607 Å². The number of aliphatic hydroxyl groups excluding tert-OH is 11. The first-order chi connectivity index (χ1) is 50.1. The Morgan fingerprint density at radius 2 is 0.755 bits per heavy atom. The Hall–Kier alpha value is -4.78. The number of ether oxygens (including phenoxy) is 16. The van der Waals surface area contributed by atoms with E-state index in [9.17, 15) is 101 Å². The van der Waals surface area contributed by atoms with Crippen molar-refractivity contribution in [3.05, 3.63) is 0 Å². The van der Waals surface area contributed by atoms with Crippen LogP contribution in [0.15, 0.2) is 0 Å². The van der Waals surface area contributed by atoms with Gasteiger partial charge in [-0.05, 0) is 30.1 Å². The van der Waals surface area contributed by atoms with Gasteiger partial charge < -0.3 is 153 Å². The second-order valence-corrected chi connectivity index (χ2v) is 27.9. The van der Waals surface area contributed by atoms with Crippen LogP contribution in [0.3, 0.4) is 0 Å². The molecule has 17 N–H and O–H groups in total. The topological polar surface area (TPSA) is 614 Å². The minimum atomic E-state index is -5.28. The Kier molecular flexibility index (Phi) is 32.7. The van der Waals surface area contributed by atoms with Gasteiger partial charge in [-0.1, -0.05) is 5.92 Å². The Morgan fingerprint density at radius 3 is 1.08 bits per heavy atom. The first kappa shape index (κ1) is 86.8. The molecule has 0 aliphatic carbocycles. The van der Waals surface area contributed by atoms with Crippen LogP contribution in [0.25, 0.3) is 0 Å². The van der Waals surface area contributed by atoms with Crippen molar-refractivity contribution in [2.24, 2.45) is 0 Å². The molecule has 8 rings (SSSR count). The zero-order valence-corrected chi connectivity index (χ0v) is 59.0. The standard InChI is InChI=1S/C61H92N4O39S2/c1-6-7-8-9-10-11-12-13-87-58-46(62-26(2)68)50(77)54(35(18-66)94-58)101-43-15-31(73)37(21-89-43)96-59-47(63-27(3)69)51(78)55(36(19-67)95-59)102-44-16-32(74)38(22-90-44)97-61-49(65-29(5)71)53(80)57(41(100-61)25-93-106(84,85)86)104-45-17-33(75)39(23-91-45)98-60-48(64-28(4)70)52(79)56(40(99-60)24-92-105(81,82)83)103-42-14-30(72)34(76)20-88-42/h1,30-61,66-67,72-80H,11-25H2,2-5H3,(H,62,68)(H,63,69)(H,64,70)(H,65,71)(H,81,82,83)(H,84,85,86)/t30-,31-,32-,33-,34+,35?,36?,37+,38?,39-,40?,41?,42-,43-,44-,45-,46?,47?,48?,49?,50+,51+,52+,53+,54+,55+,56+,57+,58+,59-,60?,61+/m0/s1. The number of carbonyl (C=O) groups is 4. The van der Waals surface area contributed by atoms with Crippen LogP contribution in [-0.2, 0) is 124 Å². The lowest BCUT2D eigenvalue weighted by atomic mass is 9.95. The molecule has 4 amide bonds. The highest BCUT2D eigenvalue weighted by Crippen LogP contribution is 2.37. The zero-order valence-electron chi connectivity index (χ0n) is 57.4. The molecule has 0 radical (unpaired) electrons. The fraction of sp³-hybridized carbons (Fsp3) is 0.836. The molecule has 0 saturated carbocycles. The largest absolute Gasteiger partial charge is 0.397 e. The van der Waals surface area contributed by atoms with E-state index in [-0.39, 0.29) is 19.4 Å². The Morgan fingerprint density at radius 1 is 0.434 bits per heavy atom. The maximum Gasteiger partial charge on any atom is 0.397 e. The number of terminal acetylenes is 1. The van der Waals surface area contributed by atoms with Gasteiger partial charge in [0.25, 0.3) is 0 Å². The Bertz CT molecular complexity index is 3290. The third-order valence-corrected chi connectivity index (χ3v) is 18.6. The van der Waals surface area contributed by atoms with E-state index in [4.69, 9.17) is 82.2 Å². The first-order valence-electron chi connectivity index (χ1n) is 33.5. The summed E-state index contributed by atoms with van der Waals surface area (Å²) in [4.78, 5) is 50.2. The molecule has 0 aromatic rings. The predicted octanol–water partition coefficient (Wildman–Crippen LogP) is -10.1. The van der Waals surface area contributed by atoms with Crippen molar-refractivity contribution in [3.63, 3.8) is 0 Å². The van der Waals surface area contributed by atoms with Gasteiger partial charge in [-0.3, -0.25) is 28.3 Å². The van der Waals surface area contributed by atoms with Gasteiger partial charge >= 0.3 is 20.8 Å². The van der Waals surface area contributed by atoms with Crippen LogP contribution in [0, 0.1) is 36.0 Å². The van der Waals surface area contributed by atoms with E-state index in [1.54, 1.807) is 0 Å². The summed E-state index contributed by atoms with van der Waals surface area (Å²) in [6.45, 7) is -1.44. The average Bonchev–Trinajstić information content (AvgIpc) is 0.792. The molecule has 8 aliphatic heterocycles. The summed E-state index contributed by atoms with van der Waals surface area (Å²) in [5.74, 6) is 9.50. The summed E-state index contributed by atoms with van der Waals surface area (Å²) in [7, 11) is -10.5. The number of aliphatic hydroxyl groups is 11. The van der Waals surface area contributed by atoms with Crippen molar-refractivity contribution >= 4 is 44.4 Å². The number of hydrogen-bond donors (Lipinski definition) is 17. The van der Waals surface area contributed by atoms with Gasteiger partial charge in [0.05, 0.1) is 83.9 Å². The SMILES string of the molecule is C#CC#CC#CCCCO[C@@H]1OC(CO)[C@@H](O[C@H]2C[C@H](O)[C@H](O[C@@H]3OC(CO)[C@@H](O[C@H]4C[C@H](O)C(O[C@@H]5OC(COS(=O)(=O)O)[C@@H](O[C@H]6C[C@H](O)[C@@H](OC7OC(COS(=O)(=O)O)[C@@H](O[C@H]8C[C@H](O)[C@H](O)CO8)[C@H](O)C7NC(C)=O)CO6)[C@H](O)C5NC(C)=O)CO4)[C@H](O)C3NC(C)=O)CO2)[C@H](O)C1NC(C)=O. The maximum atomic E-state index is 12.8. The molecule has 8 fully saturated rings. The summed E-state index contributed by atoms with van der Waals surface area (Å²) in [5.41, 5.74) is 0. The van der Waals surface area contributed by atoms with E-state index < -0.39 is 307 Å². The molecule has 0 bridgehead atoms. The van der Waals surface area contributed by atoms with Crippen LogP contribution in [0.1, 0.15) is 66.2 Å². The lowest BCUT2D eigenvalue weighted by Crippen LogP contribution is -2.68. The van der Waals surface area contributed by atoms with Gasteiger partial charge in [-0.15, -0.1) is 6.42 Å². The molecule has 8 saturated heterocycles. The number of amides is 4. The third-order valence-electron chi connectivity index (χ3n) is 17.7. The molecule has 32 atom stereocenters. The third kappa shape index (κ3) is 24.6. The molecule has 10 unspecified atom stereocenters. The van der Waals surface area contributed by atoms with Crippen LogP contribution in [-0.4, -0.2) is 362 Å². The molecular formula is C61H92N4O39S2. The van der Waals surface area contributed by atoms with E-state index in [0.29, 0.717) is 12.8 Å². The minimum Gasteiger partial charge on any atom is -0.394 e. The van der Waals surface area contributed by atoms with Crippen molar-refractivity contribution in [3.8, 4) is 36.0 Å².